The minimum absolute atomic E-state index is 0.00362. The summed E-state index contributed by atoms with van der Waals surface area (Å²) in [6.45, 7) is 17.3. The number of nitrogens with one attached hydrogen (secondary N) is 1. The number of ether oxygens (including phenoxy) is 2. The van der Waals surface area contributed by atoms with E-state index < -0.39 is 0 Å². The van der Waals surface area contributed by atoms with Crippen LogP contribution in [0.1, 0.15) is 132 Å². The number of esters is 2. The van der Waals surface area contributed by atoms with Gasteiger partial charge in [0.05, 0.1) is 0 Å². The molecule has 7 heteroatoms. The average molecular weight is 513 g/mol. The van der Waals surface area contributed by atoms with Gasteiger partial charge in [0, 0.05) is 60.7 Å². The van der Waals surface area contributed by atoms with Crippen LogP contribution in [0.25, 0.3) is 0 Å². The Bertz CT molecular complexity index is 686. The first-order valence-corrected chi connectivity index (χ1v) is 14.1. The molecule has 0 saturated carbocycles. The zero-order chi connectivity index (χ0) is 26.5. The maximum atomic E-state index is 12.4. The molecule has 1 N–H and O–H groups in total. The molecule has 0 radical (unpaired) electrons. The highest BCUT2D eigenvalue weighted by Gasteiger charge is 2.45. The largest absolute Gasteiger partial charge is 0.462 e. The van der Waals surface area contributed by atoms with Crippen molar-refractivity contribution >= 4 is 24.8 Å². The van der Waals surface area contributed by atoms with Crippen molar-refractivity contribution in [1.29, 1.82) is 0 Å². The van der Waals surface area contributed by atoms with E-state index in [1.807, 2.05) is 0 Å². The Morgan fingerprint density at radius 1 is 0.686 bits per heavy atom. The molecule has 35 heavy (non-hydrogen) atoms. The van der Waals surface area contributed by atoms with Gasteiger partial charge in [-0.1, -0.05) is 38.5 Å². The van der Waals surface area contributed by atoms with Crippen molar-refractivity contribution in [1.82, 2.24) is 9.62 Å². The van der Waals surface area contributed by atoms with Crippen molar-refractivity contribution in [3.8, 4) is 0 Å². The number of hydrogen-bond donors (Lipinski definition) is 2. The van der Waals surface area contributed by atoms with Crippen LogP contribution in [0.4, 0.5) is 0 Å². The summed E-state index contributed by atoms with van der Waals surface area (Å²) in [6, 6.07) is 0. The van der Waals surface area contributed by atoms with E-state index >= 15 is 0 Å². The number of carbonyl (C=O) groups is 2. The number of thiol groups is 1. The molecular formula is C28H52N2O4S. The molecule has 2 rings (SSSR count). The number of hydrogen-bond acceptors (Lipinski definition) is 7. The zero-order valence-corrected chi connectivity index (χ0v) is 24.6. The zero-order valence-electron chi connectivity index (χ0n) is 23.7. The molecule has 0 unspecified atom stereocenters. The molecule has 0 atom stereocenters. The van der Waals surface area contributed by atoms with Gasteiger partial charge in [-0.15, -0.1) is 0 Å². The molecule has 2 aliphatic heterocycles. The summed E-state index contributed by atoms with van der Waals surface area (Å²) in [4.78, 5) is 24.7. The summed E-state index contributed by atoms with van der Waals surface area (Å²) in [5, 5.41) is 3.62. The maximum Gasteiger partial charge on any atom is 0.306 e. The Morgan fingerprint density at radius 2 is 1.03 bits per heavy atom. The number of nitrogens with zero attached hydrogens (tertiary/aromatic N) is 1. The lowest BCUT2D eigenvalue weighted by Gasteiger charge is -2.51. The fourth-order valence-corrected chi connectivity index (χ4v) is 6.47. The lowest BCUT2D eigenvalue weighted by molar-refractivity contribution is -0.156. The summed E-state index contributed by atoms with van der Waals surface area (Å²) < 4.78 is 13.7. The first-order valence-electron chi connectivity index (χ1n) is 13.7. The fourth-order valence-electron chi connectivity index (χ4n) is 6.31. The third-order valence-electron chi connectivity index (χ3n) is 7.36. The molecule has 0 aromatic rings. The van der Waals surface area contributed by atoms with E-state index in [2.05, 4.69) is 77.8 Å². The van der Waals surface area contributed by atoms with Crippen LogP contribution in [0.5, 0.6) is 0 Å². The van der Waals surface area contributed by atoms with Crippen LogP contribution in [0.3, 0.4) is 0 Å². The molecule has 0 aromatic heterocycles. The highest BCUT2D eigenvalue weighted by atomic mass is 32.1. The van der Waals surface area contributed by atoms with Gasteiger partial charge in [0.25, 0.3) is 0 Å². The van der Waals surface area contributed by atoms with Gasteiger partial charge in [-0.2, -0.15) is 0 Å². The molecule has 0 aliphatic carbocycles. The normalized spacial score (nSPS) is 24.1. The van der Waals surface area contributed by atoms with Crippen molar-refractivity contribution in [2.45, 2.75) is 167 Å². The summed E-state index contributed by atoms with van der Waals surface area (Å²) >= 11 is 4.68. The number of rotatable bonds is 11. The van der Waals surface area contributed by atoms with Gasteiger partial charge in [-0.25, -0.2) is 4.31 Å². The van der Waals surface area contributed by atoms with Gasteiger partial charge in [-0.3, -0.25) is 9.59 Å². The molecular weight excluding hydrogens is 460 g/mol. The number of unbranched alkanes of at least 4 members (excludes halogenated alkanes) is 5. The van der Waals surface area contributed by atoms with Gasteiger partial charge >= 0.3 is 11.9 Å². The van der Waals surface area contributed by atoms with Crippen LogP contribution in [0.2, 0.25) is 0 Å². The minimum Gasteiger partial charge on any atom is -0.462 e. The van der Waals surface area contributed by atoms with Gasteiger partial charge in [-0.05, 0) is 68.2 Å². The lowest BCUT2D eigenvalue weighted by Crippen LogP contribution is -2.59. The van der Waals surface area contributed by atoms with Gasteiger partial charge in [0.1, 0.15) is 12.2 Å². The first-order chi connectivity index (χ1) is 16.0. The topological polar surface area (TPSA) is 67.9 Å². The minimum atomic E-state index is -0.108. The second kappa shape index (κ2) is 12.2. The summed E-state index contributed by atoms with van der Waals surface area (Å²) in [6.07, 6.45) is 10.2. The smallest absolute Gasteiger partial charge is 0.306 e. The summed E-state index contributed by atoms with van der Waals surface area (Å²) in [5.41, 5.74) is -0.251. The van der Waals surface area contributed by atoms with Crippen molar-refractivity contribution in [2.24, 2.45) is 0 Å². The van der Waals surface area contributed by atoms with Crippen LogP contribution >= 0.6 is 12.8 Å². The standard InChI is InChI=1S/C28H52N2O4S/c1-25(2)17-21(18-26(3,4)29-25)33-23(31)15-13-11-9-10-12-14-16-24(32)34-22-19-27(5,6)30(35)28(7,8)20-22/h21-22,29,35H,9-20H2,1-8H3. The van der Waals surface area contributed by atoms with E-state index in [1.54, 1.807) is 0 Å². The third-order valence-corrected chi connectivity index (χ3v) is 8.44. The van der Waals surface area contributed by atoms with E-state index in [0.717, 1.165) is 64.2 Å². The summed E-state index contributed by atoms with van der Waals surface area (Å²) in [5.74, 6) is -0.150. The maximum absolute atomic E-state index is 12.4. The van der Waals surface area contributed by atoms with Crippen LogP contribution in [0.15, 0.2) is 0 Å². The lowest BCUT2D eigenvalue weighted by atomic mass is 9.81. The molecule has 2 fully saturated rings. The van der Waals surface area contributed by atoms with Gasteiger partial charge < -0.3 is 14.8 Å². The van der Waals surface area contributed by atoms with Crippen LogP contribution < -0.4 is 5.32 Å². The predicted molar refractivity (Wildman–Crippen MR) is 145 cm³/mol. The van der Waals surface area contributed by atoms with Crippen molar-refractivity contribution < 1.29 is 19.1 Å². The second-order valence-electron chi connectivity index (χ2n) is 13.5. The molecule has 2 heterocycles. The van der Waals surface area contributed by atoms with Crippen LogP contribution in [0, 0.1) is 0 Å². The second-order valence-corrected chi connectivity index (χ2v) is 13.9. The quantitative estimate of drug-likeness (QED) is 0.190. The number of carbonyl (C=O) groups excluding carboxylic acids is 2. The molecule has 2 aliphatic rings. The highest BCUT2D eigenvalue weighted by Crippen LogP contribution is 2.40. The van der Waals surface area contributed by atoms with Crippen molar-refractivity contribution in [3.05, 3.63) is 0 Å². The van der Waals surface area contributed by atoms with Crippen molar-refractivity contribution in [2.75, 3.05) is 0 Å². The predicted octanol–water partition coefficient (Wildman–Crippen LogP) is 6.37. The number of piperidine rings is 2. The van der Waals surface area contributed by atoms with E-state index in [0.29, 0.717) is 12.8 Å². The van der Waals surface area contributed by atoms with Crippen LogP contribution in [-0.4, -0.2) is 50.6 Å². The third kappa shape index (κ3) is 10.2. The first kappa shape index (κ1) is 30.4. The Morgan fingerprint density at radius 3 is 1.43 bits per heavy atom. The molecule has 6 nitrogen and oxygen atoms in total. The average Bonchev–Trinajstić information content (AvgIpc) is 2.65. The van der Waals surface area contributed by atoms with E-state index in [9.17, 15) is 9.59 Å². The Balaban J connectivity index is 1.53. The Labute approximate surface area is 220 Å². The molecule has 0 amide bonds. The molecule has 0 bridgehead atoms. The Hall–Kier alpha value is -0.790. The van der Waals surface area contributed by atoms with E-state index in [4.69, 9.17) is 9.47 Å². The monoisotopic (exact) mass is 512 g/mol. The summed E-state index contributed by atoms with van der Waals surface area (Å²) in [7, 11) is 0. The molecule has 0 spiro atoms. The van der Waals surface area contributed by atoms with E-state index in [1.165, 1.54) is 0 Å². The van der Waals surface area contributed by atoms with E-state index in [-0.39, 0.29) is 46.3 Å². The SMILES string of the molecule is CC1(C)CC(OC(=O)CCCCCCCCC(=O)OC2CC(C)(C)N(S)C(C)(C)C2)CC(C)(C)N1. The van der Waals surface area contributed by atoms with Crippen LogP contribution in [-0.2, 0) is 19.1 Å². The van der Waals surface area contributed by atoms with Gasteiger partial charge in [0.2, 0.25) is 0 Å². The van der Waals surface area contributed by atoms with Crippen molar-refractivity contribution in [3.63, 3.8) is 0 Å². The molecule has 2 saturated heterocycles. The Kier molecular flexibility index (Phi) is 10.6. The fraction of sp³-hybridized carbons (Fsp3) is 0.929. The van der Waals surface area contributed by atoms with Gasteiger partial charge in [0.15, 0.2) is 0 Å². The molecule has 204 valence electrons. The molecule has 0 aromatic carbocycles. The highest BCUT2D eigenvalue weighted by molar-refractivity contribution is 7.77.